The lowest BCUT2D eigenvalue weighted by Gasteiger charge is -2.41. The predicted octanol–water partition coefficient (Wildman–Crippen LogP) is 3.58. The number of aliphatic hydroxyl groups excluding tert-OH is 1. The lowest BCUT2D eigenvalue weighted by Crippen LogP contribution is -2.39. The fourth-order valence-electron chi connectivity index (χ4n) is 4.46. The van der Waals surface area contributed by atoms with Crippen molar-refractivity contribution in [2.45, 2.75) is 32.6 Å². The number of allylic oxidation sites excluding steroid dienone is 4. The number of carbonyl (C=O) groups excluding carboxylic acids is 1. The Hall–Kier alpha value is -3.85. The molecule has 0 unspecified atom stereocenters. The second-order valence-corrected chi connectivity index (χ2v) is 8.28. The van der Waals surface area contributed by atoms with Gasteiger partial charge in [-0.3, -0.25) is 14.9 Å². The fourth-order valence-corrected chi connectivity index (χ4v) is 4.46. The first-order valence-corrected chi connectivity index (χ1v) is 9.23. The number of aliphatic hydroxyl groups is 1. The number of Topliss-reactive ketones (excluding diaryl/α,β-unsaturated/α-hetero) is 1. The van der Waals surface area contributed by atoms with Crippen LogP contribution in [0.5, 0.6) is 11.5 Å². The smallest absolute Gasteiger partial charge is 0.276 e. The zero-order valence-corrected chi connectivity index (χ0v) is 16.3. The van der Waals surface area contributed by atoms with Gasteiger partial charge in [0, 0.05) is 24.3 Å². The molecule has 30 heavy (non-hydrogen) atoms. The standard InChI is InChI=1S/C21H17N3O6/c1-20(2)6-13-19(16(26)7-20)15(25)4-12(21(13,8-22)9-23)11-3-17-18(30-10-29-17)5-14(11)24(27)28/h3,5-6,12,25H,4,7,10H2,1-2H3/t12-/m1/s1. The van der Waals surface area contributed by atoms with Gasteiger partial charge in [0.05, 0.1) is 28.7 Å². The Bertz CT molecular complexity index is 1130. The summed E-state index contributed by atoms with van der Waals surface area (Å²) in [7, 11) is 0. The van der Waals surface area contributed by atoms with Crippen LogP contribution in [0.3, 0.4) is 0 Å². The van der Waals surface area contributed by atoms with Crippen LogP contribution in [0.15, 0.2) is 35.1 Å². The Morgan fingerprint density at radius 2 is 1.87 bits per heavy atom. The van der Waals surface area contributed by atoms with E-state index in [-0.39, 0.29) is 65.1 Å². The van der Waals surface area contributed by atoms with Crippen molar-refractivity contribution < 1.29 is 24.3 Å². The van der Waals surface area contributed by atoms with Crippen molar-refractivity contribution in [2.24, 2.45) is 10.8 Å². The van der Waals surface area contributed by atoms with E-state index in [0.29, 0.717) is 0 Å². The molecule has 9 heteroatoms. The third-order valence-electron chi connectivity index (χ3n) is 5.78. The lowest BCUT2D eigenvalue weighted by atomic mass is 9.57. The molecule has 0 saturated heterocycles. The van der Waals surface area contributed by atoms with Crippen LogP contribution in [0.4, 0.5) is 5.69 Å². The van der Waals surface area contributed by atoms with Gasteiger partial charge in [0.15, 0.2) is 22.7 Å². The maximum Gasteiger partial charge on any atom is 0.276 e. The van der Waals surface area contributed by atoms with Gasteiger partial charge in [0.25, 0.3) is 5.69 Å². The fraction of sp³-hybridized carbons (Fsp3) is 0.381. The topological polar surface area (TPSA) is 146 Å². The van der Waals surface area contributed by atoms with Crippen LogP contribution in [0.1, 0.15) is 38.2 Å². The van der Waals surface area contributed by atoms with Gasteiger partial charge in [-0.25, -0.2) is 0 Å². The minimum absolute atomic E-state index is 0.0305. The van der Waals surface area contributed by atoms with Gasteiger partial charge in [0.2, 0.25) is 6.79 Å². The van der Waals surface area contributed by atoms with Crippen LogP contribution in [-0.4, -0.2) is 22.6 Å². The molecule has 1 N–H and O–H groups in total. The molecule has 0 fully saturated rings. The van der Waals surface area contributed by atoms with Crippen LogP contribution in [0.25, 0.3) is 0 Å². The largest absolute Gasteiger partial charge is 0.512 e. The van der Waals surface area contributed by atoms with Crippen molar-refractivity contribution in [3.63, 3.8) is 0 Å². The molecule has 1 aromatic rings. The summed E-state index contributed by atoms with van der Waals surface area (Å²) >= 11 is 0. The highest BCUT2D eigenvalue weighted by molar-refractivity contribution is 6.03. The first-order chi connectivity index (χ1) is 14.1. The van der Waals surface area contributed by atoms with Crippen molar-refractivity contribution >= 4 is 11.5 Å². The van der Waals surface area contributed by atoms with Gasteiger partial charge >= 0.3 is 0 Å². The van der Waals surface area contributed by atoms with Crippen molar-refractivity contribution in [3.05, 3.63) is 50.8 Å². The Kier molecular flexibility index (Phi) is 4.11. The number of ether oxygens (including phenoxy) is 2. The molecule has 2 aliphatic carbocycles. The molecule has 0 saturated carbocycles. The summed E-state index contributed by atoms with van der Waals surface area (Å²) in [6.45, 7) is 3.47. The highest BCUT2D eigenvalue weighted by Crippen LogP contribution is 2.57. The molecule has 152 valence electrons. The molecule has 0 radical (unpaired) electrons. The van der Waals surface area contributed by atoms with Gasteiger partial charge in [-0.05, 0) is 17.1 Å². The number of rotatable bonds is 2. The van der Waals surface area contributed by atoms with E-state index >= 15 is 0 Å². The summed E-state index contributed by atoms with van der Waals surface area (Å²) in [5.74, 6) is -1.28. The Balaban J connectivity index is 2.02. The highest BCUT2D eigenvalue weighted by Gasteiger charge is 2.54. The second kappa shape index (κ2) is 6.33. The van der Waals surface area contributed by atoms with Gasteiger partial charge < -0.3 is 14.6 Å². The minimum atomic E-state index is -1.90. The number of nitrogens with zero attached hydrogens (tertiary/aromatic N) is 3. The van der Waals surface area contributed by atoms with E-state index in [1.54, 1.807) is 19.9 Å². The van der Waals surface area contributed by atoms with Crippen LogP contribution >= 0.6 is 0 Å². The molecular formula is C21H17N3O6. The number of nitro groups is 1. The third kappa shape index (κ3) is 2.63. The van der Waals surface area contributed by atoms with E-state index in [0.717, 1.165) is 0 Å². The van der Waals surface area contributed by atoms with Crippen molar-refractivity contribution in [1.82, 2.24) is 0 Å². The number of nitro benzene ring substituents is 1. The van der Waals surface area contributed by atoms with Gasteiger partial charge in [-0.2, -0.15) is 10.5 Å². The lowest BCUT2D eigenvalue weighted by molar-refractivity contribution is -0.385. The Labute approximate surface area is 171 Å². The molecule has 0 spiro atoms. The summed E-state index contributed by atoms with van der Waals surface area (Å²) < 4.78 is 10.5. The number of nitriles is 2. The summed E-state index contributed by atoms with van der Waals surface area (Å²) in [4.78, 5) is 23.9. The molecule has 0 amide bonds. The number of carbonyl (C=O) groups is 1. The van der Waals surface area contributed by atoms with E-state index in [1.165, 1.54) is 12.1 Å². The number of hydrogen-bond acceptors (Lipinski definition) is 8. The zero-order chi connectivity index (χ0) is 21.8. The van der Waals surface area contributed by atoms with Crippen molar-refractivity contribution in [3.8, 4) is 23.6 Å². The quantitative estimate of drug-likeness (QED) is 0.578. The van der Waals surface area contributed by atoms with Crippen molar-refractivity contribution in [2.75, 3.05) is 6.79 Å². The number of benzene rings is 1. The number of fused-ring (bicyclic) bond motifs is 2. The van der Waals surface area contributed by atoms with Gasteiger partial charge in [-0.15, -0.1) is 0 Å². The summed E-state index contributed by atoms with van der Waals surface area (Å²) in [6.07, 6.45) is 1.51. The molecule has 0 bridgehead atoms. The first-order valence-electron chi connectivity index (χ1n) is 9.23. The Morgan fingerprint density at radius 1 is 1.23 bits per heavy atom. The second-order valence-electron chi connectivity index (χ2n) is 8.28. The molecular weight excluding hydrogens is 390 g/mol. The van der Waals surface area contributed by atoms with E-state index in [9.17, 15) is 30.5 Å². The number of ketones is 1. The molecule has 1 atom stereocenters. The van der Waals surface area contributed by atoms with Gasteiger partial charge in [0.1, 0.15) is 5.76 Å². The van der Waals surface area contributed by atoms with Gasteiger partial charge in [-0.1, -0.05) is 19.9 Å². The number of hydrogen-bond donors (Lipinski definition) is 1. The molecule has 1 aromatic carbocycles. The van der Waals surface area contributed by atoms with Crippen molar-refractivity contribution in [1.29, 1.82) is 10.5 Å². The molecule has 1 aliphatic heterocycles. The Morgan fingerprint density at radius 3 is 2.47 bits per heavy atom. The molecule has 3 aliphatic rings. The summed E-state index contributed by atoms with van der Waals surface area (Å²) in [5.41, 5.74) is -2.75. The monoisotopic (exact) mass is 407 g/mol. The predicted molar refractivity (Wildman–Crippen MR) is 101 cm³/mol. The third-order valence-corrected chi connectivity index (χ3v) is 5.78. The van der Waals surface area contributed by atoms with E-state index in [1.807, 2.05) is 12.1 Å². The molecule has 1 heterocycles. The summed E-state index contributed by atoms with van der Waals surface area (Å²) in [5, 5.41) is 42.7. The summed E-state index contributed by atoms with van der Waals surface area (Å²) in [6, 6.07) is 6.58. The van der Waals surface area contributed by atoms with Crippen LogP contribution in [0.2, 0.25) is 0 Å². The maximum atomic E-state index is 12.7. The van der Waals surface area contributed by atoms with Crippen LogP contribution in [0, 0.1) is 43.6 Å². The SMILES string of the molecule is CC1(C)C=C2C(=C(O)C[C@H](c3cc4c(cc3[N+](=O)[O-])OCO4)C2(C#N)C#N)C(=O)C1. The van der Waals surface area contributed by atoms with E-state index in [2.05, 4.69) is 0 Å². The normalized spacial score (nSPS) is 23.1. The minimum Gasteiger partial charge on any atom is -0.512 e. The van der Waals surface area contributed by atoms with Crippen LogP contribution in [-0.2, 0) is 4.79 Å². The van der Waals surface area contributed by atoms with Crippen LogP contribution < -0.4 is 9.47 Å². The first kappa shape index (κ1) is 19.5. The average molecular weight is 407 g/mol. The molecule has 9 nitrogen and oxygen atoms in total. The average Bonchev–Trinajstić information content (AvgIpc) is 3.13. The van der Waals surface area contributed by atoms with E-state index < -0.39 is 21.7 Å². The maximum absolute atomic E-state index is 12.7. The molecule has 0 aromatic heterocycles. The highest BCUT2D eigenvalue weighted by atomic mass is 16.7. The zero-order valence-electron chi connectivity index (χ0n) is 16.3. The van der Waals surface area contributed by atoms with E-state index in [4.69, 9.17) is 9.47 Å². The molecule has 4 rings (SSSR count).